The standard InChI is InChI=1S/C17H22N4/c1-20(2)15-9-12-21(17-18-10-6-11-19-17)16(15)13-14-7-4-3-5-8-14/h3-8,10-11,15-16H,9,12-13H2,1-2H3/t15-,16+/m1/s1. The van der Waals surface area contributed by atoms with Crippen LogP contribution in [0.2, 0.25) is 0 Å². The summed E-state index contributed by atoms with van der Waals surface area (Å²) < 4.78 is 0. The Kier molecular flexibility index (Phi) is 4.15. The van der Waals surface area contributed by atoms with Crippen molar-refractivity contribution in [2.24, 2.45) is 0 Å². The minimum atomic E-state index is 0.421. The first kappa shape index (κ1) is 14.0. The van der Waals surface area contributed by atoms with Crippen molar-refractivity contribution in [3.8, 4) is 0 Å². The Balaban J connectivity index is 1.86. The number of aromatic nitrogens is 2. The van der Waals surface area contributed by atoms with E-state index in [4.69, 9.17) is 0 Å². The minimum Gasteiger partial charge on any atom is -0.336 e. The van der Waals surface area contributed by atoms with Gasteiger partial charge in [-0.25, -0.2) is 9.97 Å². The van der Waals surface area contributed by atoms with E-state index in [0.717, 1.165) is 25.3 Å². The first-order chi connectivity index (χ1) is 10.3. The van der Waals surface area contributed by atoms with Crippen molar-refractivity contribution < 1.29 is 0 Å². The molecule has 4 nitrogen and oxygen atoms in total. The van der Waals surface area contributed by atoms with Gasteiger partial charge in [0.1, 0.15) is 0 Å². The van der Waals surface area contributed by atoms with Crippen LogP contribution in [-0.2, 0) is 6.42 Å². The fourth-order valence-corrected chi connectivity index (χ4v) is 3.23. The molecule has 0 aliphatic carbocycles. The van der Waals surface area contributed by atoms with Gasteiger partial charge in [0.05, 0.1) is 6.04 Å². The molecule has 1 aliphatic rings. The summed E-state index contributed by atoms with van der Waals surface area (Å²) in [4.78, 5) is 13.6. The molecule has 3 rings (SSSR count). The predicted molar refractivity (Wildman–Crippen MR) is 85.4 cm³/mol. The van der Waals surface area contributed by atoms with Crippen LogP contribution in [0, 0.1) is 0 Å². The van der Waals surface area contributed by atoms with Gasteiger partial charge in [-0.3, -0.25) is 0 Å². The van der Waals surface area contributed by atoms with Crippen molar-refractivity contribution in [2.75, 3.05) is 25.5 Å². The van der Waals surface area contributed by atoms with Crippen molar-refractivity contribution in [1.29, 1.82) is 0 Å². The maximum Gasteiger partial charge on any atom is 0.225 e. The van der Waals surface area contributed by atoms with E-state index < -0.39 is 0 Å². The van der Waals surface area contributed by atoms with E-state index in [-0.39, 0.29) is 0 Å². The second kappa shape index (κ2) is 6.22. The van der Waals surface area contributed by atoms with Gasteiger partial charge in [-0.05, 0) is 38.6 Å². The summed E-state index contributed by atoms with van der Waals surface area (Å²) in [5, 5.41) is 0. The summed E-state index contributed by atoms with van der Waals surface area (Å²) in [6.45, 7) is 1.02. The highest BCUT2D eigenvalue weighted by atomic mass is 15.3. The molecule has 1 aliphatic heterocycles. The molecular weight excluding hydrogens is 260 g/mol. The normalized spacial score (nSPS) is 22.0. The number of hydrogen-bond acceptors (Lipinski definition) is 4. The molecule has 0 amide bonds. The number of rotatable bonds is 4. The molecule has 2 atom stereocenters. The van der Waals surface area contributed by atoms with E-state index in [0.29, 0.717) is 12.1 Å². The third-order valence-electron chi connectivity index (χ3n) is 4.27. The van der Waals surface area contributed by atoms with Crippen molar-refractivity contribution >= 4 is 5.95 Å². The summed E-state index contributed by atoms with van der Waals surface area (Å²) in [7, 11) is 4.33. The Morgan fingerprint density at radius 2 is 1.81 bits per heavy atom. The molecule has 21 heavy (non-hydrogen) atoms. The molecule has 0 unspecified atom stereocenters. The zero-order valence-corrected chi connectivity index (χ0v) is 12.7. The molecule has 0 spiro atoms. The molecule has 4 heteroatoms. The minimum absolute atomic E-state index is 0.421. The lowest BCUT2D eigenvalue weighted by atomic mass is 9.99. The van der Waals surface area contributed by atoms with Gasteiger partial charge in [-0.1, -0.05) is 30.3 Å². The number of benzene rings is 1. The Hall–Kier alpha value is -1.94. The maximum absolute atomic E-state index is 4.44. The molecule has 1 aromatic heterocycles. The fourth-order valence-electron chi connectivity index (χ4n) is 3.23. The van der Waals surface area contributed by atoms with Gasteiger partial charge in [-0.15, -0.1) is 0 Å². The van der Waals surface area contributed by atoms with Crippen LogP contribution in [0.5, 0.6) is 0 Å². The highest BCUT2D eigenvalue weighted by Gasteiger charge is 2.36. The average Bonchev–Trinajstić information content (AvgIpc) is 2.93. The molecular formula is C17H22N4. The zero-order chi connectivity index (χ0) is 14.7. The maximum atomic E-state index is 4.44. The van der Waals surface area contributed by atoms with Crippen molar-refractivity contribution in [1.82, 2.24) is 14.9 Å². The molecule has 0 N–H and O–H groups in total. The average molecular weight is 282 g/mol. The topological polar surface area (TPSA) is 32.3 Å². The van der Waals surface area contributed by atoms with Crippen LogP contribution in [0.15, 0.2) is 48.8 Å². The summed E-state index contributed by atoms with van der Waals surface area (Å²) in [6, 6.07) is 13.5. The van der Waals surface area contributed by atoms with E-state index in [9.17, 15) is 0 Å². The SMILES string of the molecule is CN(C)[C@@H]1CCN(c2ncccn2)[C@H]1Cc1ccccc1. The van der Waals surface area contributed by atoms with Gasteiger partial charge in [0.15, 0.2) is 0 Å². The van der Waals surface area contributed by atoms with E-state index in [1.54, 1.807) is 0 Å². The highest BCUT2D eigenvalue weighted by molar-refractivity contribution is 5.36. The van der Waals surface area contributed by atoms with Crippen LogP contribution in [0.3, 0.4) is 0 Å². The summed E-state index contributed by atoms with van der Waals surface area (Å²) in [5.74, 6) is 0.850. The molecule has 110 valence electrons. The largest absolute Gasteiger partial charge is 0.336 e. The second-order valence-corrected chi connectivity index (χ2v) is 5.82. The van der Waals surface area contributed by atoms with Crippen LogP contribution in [0.25, 0.3) is 0 Å². The van der Waals surface area contributed by atoms with Gasteiger partial charge < -0.3 is 9.80 Å². The summed E-state index contributed by atoms with van der Waals surface area (Å²) in [5.41, 5.74) is 1.37. The van der Waals surface area contributed by atoms with E-state index >= 15 is 0 Å². The quantitative estimate of drug-likeness (QED) is 0.861. The molecule has 1 saturated heterocycles. The molecule has 0 bridgehead atoms. The van der Waals surface area contributed by atoms with Crippen molar-refractivity contribution in [3.63, 3.8) is 0 Å². The van der Waals surface area contributed by atoms with E-state index in [1.807, 2.05) is 18.5 Å². The van der Waals surface area contributed by atoms with Crippen LogP contribution in [0.4, 0.5) is 5.95 Å². The van der Waals surface area contributed by atoms with Gasteiger partial charge in [-0.2, -0.15) is 0 Å². The van der Waals surface area contributed by atoms with Gasteiger partial charge >= 0.3 is 0 Å². The van der Waals surface area contributed by atoms with Crippen LogP contribution in [0.1, 0.15) is 12.0 Å². The summed E-state index contributed by atoms with van der Waals surface area (Å²) >= 11 is 0. The smallest absolute Gasteiger partial charge is 0.225 e. The van der Waals surface area contributed by atoms with E-state index in [1.165, 1.54) is 5.56 Å². The predicted octanol–water partition coefficient (Wildman–Crippen LogP) is 2.23. The summed E-state index contributed by atoms with van der Waals surface area (Å²) in [6.07, 6.45) is 5.83. The zero-order valence-electron chi connectivity index (χ0n) is 12.7. The van der Waals surface area contributed by atoms with Crippen molar-refractivity contribution in [2.45, 2.75) is 24.9 Å². The van der Waals surface area contributed by atoms with E-state index in [2.05, 4.69) is 64.2 Å². The van der Waals surface area contributed by atoms with Crippen LogP contribution in [-0.4, -0.2) is 47.6 Å². The third kappa shape index (κ3) is 3.05. The molecule has 0 radical (unpaired) electrons. The second-order valence-electron chi connectivity index (χ2n) is 5.82. The number of hydrogen-bond donors (Lipinski definition) is 0. The molecule has 1 aromatic carbocycles. The molecule has 2 heterocycles. The molecule has 1 fully saturated rings. The number of anilines is 1. The fraction of sp³-hybridized carbons (Fsp3) is 0.412. The lowest BCUT2D eigenvalue weighted by Crippen LogP contribution is -2.44. The Morgan fingerprint density at radius 3 is 2.48 bits per heavy atom. The first-order valence-electron chi connectivity index (χ1n) is 7.50. The van der Waals surface area contributed by atoms with Gasteiger partial charge in [0.2, 0.25) is 5.95 Å². The van der Waals surface area contributed by atoms with Crippen LogP contribution >= 0.6 is 0 Å². The molecule has 2 aromatic rings. The lowest BCUT2D eigenvalue weighted by molar-refractivity contribution is 0.273. The lowest BCUT2D eigenvalue weighted by Gasteiger charge is -2.31. The first-order valence-corrected chi connectivity index (χ1v) is 7.50. The monoisotopic (exact) mass is 282 g/mol. The molecule has 0 saturated carbocycles. The Labute approximate surface area is 126 Å². The van der Waals surface area contributed by atoms with Crippen LogP contribution < -0.4 is 4.90 Å². The third-order valence-corrected chi connectivity index (χ3v) is 4.27. The highest BCUT2D eigenvalue weighted by Crippen LogP contribution is 2.27. The number of nitrogens with zero attached hydrogens (tertiary/aromatic N) is 4. The Bertz CT molecular complexity index is 556. The Morgan fingerprint density at radius 1 is 1.10 bits per heavy atom. The van der Waals surface area contributed by atoms with Gasteiger partial charge in [0.25, 0.3) is 0 Å². The van der Waals surface area contributed by atoms with Crippen molar-refractivity contribution in [3.05, 3.63) is 54.4 Å². The number of likely N-dealkylation sites (N-methyl/N-ethyl adjacent to an activating group) is 1. The van der Waals surface area contributed by atoms with Gasteiger partial charge in [0, 0.05) is 25.0 Å².